The maximum atomic E-state index is 12.2. The largest absolute Gasteiger partial charge is 0.379 e. The Bertz CT molecular complexity index is 221. The Morgan fingerprint density at radius 1 is 1.53 bits per heavy atom. The Balaban J connectivity index is 2.65. The molecule has 0 radical (unpaired) electrons. The van der Waals surface area contributed by atoms with E-state index >= 15 is 0 Å². The fraction of sp³-hybridized carbons (Fsp3) is 0.909. The Morgan fingerprint density at radius 2 is 2.13 bits per heavy atom. The van der Waals surface area contributed by atoms with Crippen LogP contribution in [-0.4, -0.2) is 42.6 Å². The molecule has 4 nitrogen and oxygen atoms in total. The molecule has 1 aliphatic rings. The van der Waals surface area contributed by atoms with E-state index in [0.717, 1.165) is 13.0 Å². The molecule has 2 N–H and O–H groups in total. The highest BCUT2D eigenvalue weighted by molar-refractivity contribution is 5.86. The van der Waals surface area contributed by atoms with Crippen molar-refractivity contribution in [3.05, 3.63) is 0 Å². The van der Waals surface area contributed by atoms with E-state index in [4.69, 9.17) is 10.5 Å². The highest BCUT2D eigenvalue weighted by atomic mass is 16.5. The number of nitrogens with two attached hydrogens (primary N) is 1. The molecule has 1 unspecified atom stereocenters. The molecule has 0 aromatic carbocycles. The minimum Gasteiger partial charge on any atom is -0.379 e. The van der Waals surface area contributed by atoms with Crippen molar-refractivity contribution in [1.82, 2.24) is 4.90 Å². The van der Waals surface area contributed by atoms with Crippen LogP contribution in [0.2, 0.25) is 0 Å². The van der Waals surface area contributed by atoms with Crippen molar-refractivity contribution in [1.29, 1.82) is 0 Å². The molecule has 1 saturated heterocycles. The van der Waals surface area contributed by atoms with Crippen LogP contribution in [0.3, 0.4) is 0 Å². The van der Waals surface area contributed by atoms with Gasteiger partial charge in [0.05, 0.1) is 18.2 Å². The number of rotatable bonds is 4. The van der Waals surface area contributed by atoms with Crippen molar-refractivity contribution in [3.8, 4) is 0 Å². The van der Waals surface area contributed by atoms with Crippen LogP contribution in [0, 0.1) is 0 Å². The van der Waals surface area contributed by atoms with Crippen LogP contribution < -0.4 is 5.73 Å². The average Bonchev–Trinajstić information content (AvgIpc) is 2.79. The number of carbonyl (C=O) groups is 1. The maximum absolute atomic E-state index is 12.2. The van der Waals surface area contributed by atoms with Gasteiger partial charge in [0, 0.05) is 13.7 Å². The quantitative estimate of drug-likeness (QED) is 0.751. The zero-order valence-electron chi connectivity index (χ0n) is 9.95. The number of nitrogens with zero attached hydrogens (tertiary/aromatic N) is 1. The first-order valence-corrected chi connectivity index (χ1v) is 5.69. The molecule has 0 bridgehead atoms. The molecule has 0 aliphatic carbocycles. The molecule has 0 saturated carbocycles. The summed E-state index contributed by atoms with van der Waals surface area (Å²) < 4.78 is 5.27. The van der Waals surface area contributed by atoms with E-state index < -0.39 is 5.54 Å². The second kappa shape index (κ2) is 4.94. The lowest BCUT2D eigenvalue weighted by molar-refractivity contribution is -0.138. The van der Waals surface area contributed by atoms with Crippen LogP contribution in [0.1, 0.15) is 33.1 Å². The lowest BCUT2D eigenvalue weighted by Crippen LogP contribution is -2.56. The lowest BCUT2D eigenvalue weighted by atomic mass is 9.92. The van der Waals surface area contributed by atoms with E-state index in [1.807, 2.05) is 20.9 Å². The number of likely N-dealkylation sites (N-methyl/N-ethyl adjacent to an activating group) is 1. The highest BCUT2D eigenvalue weighted by Gasteiger charge is 2.36. The van der Waals surface area contributed by atoms with Gasteiger partial charge in [-0.3, -0.25) is 4.79 Å². The Kier molecular flexibility index (Phi) is 4.11. The number of hydrogen-bond acceptors (Lipinski definition) is 3. The summed E-state index contributed by atoms with van der Waals surface area (Å²) in [6.45, 7) is 5.31. The standard InChI is InChI=1S/C11H22N2O2/c1-4-11(12,5-2)10(14)13(3)9-6-7-15-8-9/h9H,4-8,12H2,1-3H3. The van der Waals surface area contributed by atoms with Crippen LogP contribution in [0.5, 0.6) is 0 Å². The van der Waals surface area contributed by atoms with E-state index in [9.17, 15) is 4.79 Å². The van der Waals surface area contributed by atoms with Crippen LogP contribution in [0.4, 0.5) is 0 Å². The predicted molar refractivity (Wildman–Crippen MR) is 59.5 cm³/mol. The van der Waals surface area contributed by atoms with Crippen LogP contribution in [0.15, 0.2) is 0 Å². The second-order valence-electron chi connectivity index (χ2n) is 4.30. The second-order valence-corrected chi connectivity index (χ2v) is 4.30. The Morgan fingerprint density at radius 3 is 2.53 bits per heavy atom. The minimum absolute atomic E-state index is 0.0444. The van der Waals surface area contributed by atoms with Crippen molar-refractivity contribution in [3.63, 3.8) is 0 Å². The van der Waals surface area contributed by atoms with E-state index in [0.29, 0.717) is 19.4 Å². The SMILES string of the molecule is CCC(N)(CC)C(=O)N(C)C1CCOC1. The molecule has 0 aromatic rings. The van der Waals surface area contributed by atoms with Crippen molar-refractivity contribution in [2.24, 2.45) is 5.73 Å². The van der Waals surface area contributed by atoms with Crippen molar-refractivity contribution < 1.29 is 9.53 Å². The maximum Gasteiger partial charge on any atom is 0.242 e. The molecule has 1 atom stereocenters. The first-order valence-electron chi connectivity index (χ1n) is 5.69. The monoisotopic (exact) mass is 214 g/mol. The molecule has 4 heteroatoms. The molecule has 88 valence electrons. The van der Waals surface area contributed by atoms with Crippen molar-refractivity contribution in [2.45, 2.75) is 44.7 Å². The molecule has 1 rings (SSSR count). The Labute approximate surface area is 91.8 Å². The van der Waals surface area contributed by atoms with Gasteiger partial charge in [0.1, 0.15) is 0 Å². The first kappa shape index (κ1) is 12.5. The first-order chi connectivity index (χ1) is 7.05. The van der Waals surface area contributed by atoms with Crippen molar-refractivity contribution >= 4 is 5.91 Å². The number of amides is 1. The summed E-state index contributed by atoms with van der Waals surface area (Å²) in [6, 6.07) is 0.207. The third-order valence-electron chi connectivity index (χ3n) is 3.46. The zero-order valence-corrected chi connectivity index (χ0v) is 9.95. The van der Waals surface area contributed by atoms with Gasteiger partial charge in [-0.1, -0.05) is 13.8 Å². The van der Waals surface area contributed by atoms with Gasteiger partial charge in [-0.15, -0.1) is 0 Å². The number of carbonyl (C=O) groups excluding carboxylic acids is 1. The average molecular weight is 214 g/mol. The normalized spacial score (nSPS) is 21.7. The fourth-order valence-electron chi connectivity index (χ4n) is 1.90. The van der Waals surface area contributed by atoms with E-state index in [1.165, 1.54) is 0 Å². The van der Waals surface area contributed by atoms with Crippen LogP contribution >= 0.6 is 0 Å². The molecule has 0 aromatic heterocycles. The molecule has 1 aliphatic heterocycles. The van der Waals surface area contributed by atoms with Gasteiger partial charge < -0.3 is 15.4 Å². The highest BCUT2D eigenvalue weighted by Crippen LogP contribution is 2.19. The molecule has 1 heterocycles. The van der Waals surface area contributed by atoms with Gasteiger partial charge in [0.2, 0.25) is 5.91 Å². The third-order valence-corrected chi connectivity index (χ3v) is 3.46. The summed E-state index contributed by atoms with van der Waals surface area (Å²) >= 11 is 0. The van der Waals surface area contributed by atoms with E-state index in [1.54, 1.807) is 4.90 Å². The molecule has 15 heavy (non-hydrogen) atoms. The summed E-state index contributed by atoms with van der Waals surface area (Å²) in [5.74, 6) is 0.0444. The van der Waals surface area contributed by atoms with Gasteiger partial charge in [0.25, 0.3) is 0 Å². The number of ether oxygens (including phenoxy) is 1. The summed E-state index contributed by atoms with van der Waals surface area (Å²) in [4.78, 5) is 13.9. The van der Waals surface area contributed by atoms with Gasteiger partial charge in [-0.2, -0.15) is 0 Å². The Hall–Kier alpha value is -0.610. The molecular weight excluding hydrogens is 192 g/mol. The van der Waals surface area contributed by atoms with Gasteiger partial charge in [-0.05, 0) is 19.3 Å². The van der Waals surface area contributed by atoms with E-state index in [2.05, 4.69) is 0 Å². The van der Waals surface area contributed by atoms with Crippen molar-refractivity contribution in [2.75, 3.05) is 20.3 Å². The summed E-state index contributed by atoms with van der Waals surface area (Å²) in [7, 11) is 1.83. The smallest absolute Gasteiger partial charge is 0.242 e. The van der Waals surface area contributed by atoms with Gasteiger partial charge in [-0.25, -0.2) is 0 Å². The summed E-state index contributed by atoms with van der Waals surface area (Å²) in [5, 5.41) is 0. The molecule has 1 amide bonds. The fourth-order valence-corrected chi connectivity index (χ4v) is 1.90. The predicted octanol–water partition coefficient (Wildman–Crippen LogP) is 0.751. The van der Waals surface area contributed by atoms with Crippen LogP contribution in [0.25, 0.3) is 0 Å². The van der Waals surface area contributed by atoms with Gasteiger partial charge >= 0.3 is 0 Å². The molecule has 1 fully saturated rings. The summed E-state index contributed by atoms with van der Waals surface area (Å²) in [6.07, 6.45) is 2.28. The zero-order chi connectivity index (χ0) is 11.5. The number of hydrogen-bond donors (Lipinski definition) is 1. The van der Waals surface area contributed by atoms with Gasteiger partial charge in [0.15, 0.2) is 0 Å². The molecule has 0 spiro atoms. The minimum atomic E-state index is -0.697. The van der Waals surface area contributed by atoms with E-state index in [-0.39, 0.29) is 11.9 Å². The molecular formula is C11H22N2O2. The third kappa shape index (κ3) is 2.49. The summed E-state index contributed by atoms with van der Waals surface area (Å²) in [5.41, 5.74) is 5.38. The van der Waals surface area contributed by atoms with Crippen LogP contribution in [-0.2, 0) is 9.53 Å². The lowest BCUT2D eigenvalue weighted by Gasteiger charge is -2.33. The topological polar surface area (TPSA) is 55.6 Å².